The van der Waals surface area contributed by atoms with Crippen molar-refractivity contribution in [3.63, 3.8) is 0 Å². The summed E-state index contributed by atoms with van der Waals surface area (Å²) in [6, 6.07) is 13.7. The van der Waals surface area contributed by atoms with Gasteiger partial charge in [0.15, 0.2) is 6.10 Å². The first kappa shape index (κ1) is 15.8. The lowest BCUT2D eigenvalue weighted by molar-refractivity contribution is -0.132. The van der Waals surface area contributed by atoms with Crippen LogP contribution in [0.25, 0.3) is 0 Å². The molecule has 0 saturated heterocycles. The number of benzene rings is 2. The summed E-state index contributed by atoms with van der Waals surface area (Å²) in [6.07, 6.45) is -3.39. The number of phenols is 1. The average Bonchev–Trinajstić information content (AvgIpc) is 2.52. The van der Waals surface area contributed by atoms with E-state index in [4.69, 9.17) is 10.5 Å². The van der Waals surface area contributed by atoms with Crippen molar-refractivity contribution in [2.24, 2.45) is 5.73 Å². The van der Waals surface area contributed by atoms with E-state index < -0.39 is 18.1 Å². The van der Waals surface area contributed by atoms with Gasteiger partial charge in [-0.05, 0) is 17.7 Å². The van der Waals surface area contributed by atoms with Crippen molar-refractivity contribution < 1.29 is 24.9 Å². The third-order valence-electron chi connectivity index (χ3n) is 3.16. The highest BCUT2D eigenvalue weighted by atomic mass is 16.5. The molecule has 0 radical (unpaired) electrons. The van der Waals surface area contributed by atoms with Gasteiger partial charge < -0.3 is 25.8 Å². The predicted molar refractivity (Wildman–Crippen MR) is 79.0 cm³/mol. The molecule has 22 heavy (non-hydrogen) atoms. The molecule has 0 heterocycles. The van der Waals surface area contributed by atoms with E-state index in [-0.39, 0.29) is 11.3 Å². The van der Waals surface area contributed by atoms with Crippen LogP contribution in [0.3, 0.4) is 0 Å². The number of aliphatic hydroxyl groups is 2. The molecule has 0 fully saturated rings. The number of phenolic OH excluding ortho intramolecular Hbond substituents is 1. The van der Waals surface area contributed by atoms with Gasteiger partial charge in [-0.3, -0.25) is 4.79 Å². The fourth-order valence-corrected chi connectivity index (χ4v) is 1.93. The van der Waals surface area contributed by atoms with Gasteiger partial charge in [-0.1, -0.05) is 30.3 Å². The first-order valence-electron chi connectivity index (χ1n) is 6.64. The zero-order chi connectivity index (χ0) is 16.1. The fourth-order valence-electron chi connectivity index (χ4n) is 1.93. The Kier molecular flexibility index (Phi) is 4.98. The van der Waals surface area contributed by atoms with Gasteiger partial charge >= 0.3 is 0 Å². The van der Waals surface area contributed by atoms with Crippen LogP contribution in [0.1, 0.15) is 17.2 Å². The van der Waals surface area contributed by atoms with Crippen LogP contribution < -0.4 is 10.5 Å². The molecule has 0 bridgehead atoms. The van der Waals surface area contributed by atoms with Crippen molar-refractivity contribution in [1.29, 1.82) is 0 Å². The Labute approximate surface area is 127 Å². The molecule has 0 spiro atoms. The second-order valence-corrected chi connectivity index (χ2v) is 4.79. The second kappa shape index (κ2) is 6.93. The fraction of sp³-hybridized carbons (Fsp3) is 0.188. The van der Waals surface area contributed by atoms with Crippen molar-refractivity contribution in [1.82, 2.24) is 0 Å². The first-order chi connectivity index (χ1) is 10.5. The number of nitrogens with two attached hydrogens (primary N) is 1. The largest absolute Gasteiger partial charge is 0.507 e. The second-order valence-electron chi connectivity index (χ2n) is 4.79. The number of amides is 1. The molecule has 2 unspecified atom stereocenters. The summed E-state index contributed by atoms with van der Waals surface area (Å²) < 4.78 is 5.52. The number of rotatable bonds is 6. The van der Waals surface area contributed by atoms with E-state index in [1.165, 1.54) is 18.2 Å². The summed E-state index contributed by atoms with van der Waals surface area (Å²) in [5.74, 6) is -0.972. The number of ether oxygens (including phenoxy) is 1. The van der Waals surface area contributed by atoms with E-state index in [1.807, 2.05) is 30.3 Å². The van der Waals surface area contributed by atoms with Crippen LogP contribution >= 0.6 is 0 Å². The van der Waals surface area contributed by atoms with Crippen LogP contribution in [-0.2, 0) is 11.4 Å². The van der Waals surface area contributed by atoms with Crippen molar-refractivity contribution in [2.75, 3.05) is 0 Å². The lowest BCUT2D eigenvalue weighted by Gasteiger charge is -2.17. The highest BCUT2D eigenvalue weighted by molar-refractivity contribution is 5.79. The molecule has 6 heteroatoms. The van der Waals surface area contributed by atoms with E-state index in [9.17, 15) is 20.1 Å². The number of carbonyl (C=O) groups excluding carboxylic acids is 1. The van der Waals surface area contributed by atoms with Gasteiger partial charge in [0.05, 0.1) is 0 Å². The van der Waals surface area contributed by atoms with Crippen LogP contribution in [0.2, 0.25) is 0 Å². The van der Waals surface area contributed by atoms with Crippen molar-refractivity contribution in [3.05, 3.63) is 59.7 Å². The topological polar surface area (TPSA) is 113 Å². The lowest BCUT2D eigenvalue weighted by atomic mass is 10.0. The molecule has 0 aromatic heterocycles. The number of aromatic hydroxyl groups is 1. The third kappa shape index (κ3) is 3.75. The summed E-state index contributed by atoms with van der Waals surface area (Å²) in [4.78, 5) is 10.9. The van der Waals surface area contributed by atoms with Crippen molar-refractivity contribution >= 4 is 5.91 Å². The van der Waals surface area contributed by atoms with E-state index in [0.717, 1.165) is 5.56 Å². The molecule has 1 amide bonds. The van der Waals surface area contributed by atoms with E-state index >= 15 is 0 Å². The van der Waals surface area contributed by atoms with Gasteiger partial charge in [0.1, 0.15) is 24.2 Å². The van der Waals surface area contributed by atoms with E-state index in [2.05, 4.69) is 0 Å². The smallest absolute Gasteiger partial charge is 0.249 e. The van der Waals surface area contributed by atoms with Gasteiger partial charge in [-0.15, -0.1) is 0 Å². The third-order valence-corrected chi connectivity index (χ3v) is 3.16. The maximum atomic E-state index is 10.9. The molecule has 2 rings (SSSR count). The van der Waals surface area contributed by atoms with Crippen molar-refractivity contribution in [3.8, 4) is 11.5 Å². The molecule has 5 N–H and O–H groups in total. The molecular weight excluding hydrogens is 286 g/mol. The Morgan fingerprint density at radius 3 is 2.41 bits per heavy atom. The molecule has 0 saturated carbocycles. The van der Waals surface area contributed by atoms with Gasteiger partial charge in [0, 0.05) is 11.6 Å². The highest BCUT2D eigenvalue weighted by Crippen LogP contribution is 2.30. The summed E-state index contributed by atoms with van der Waals surface area (Å²) in [6.45, 7) is 0.325. The molecule has 2 aromatic rings. The van der Waals surface area contributed by atoms with Gasteiger partial charge in [-0.2, -0.15) is 0 Å². The Hall–Kier alpha value is -2.57. The van der Waals surface area contributed by atoms with E-state index in [1.54, 1.807) is 0 Å². The van der Waals surface area contributed by atoms with Crippen LogP contribution in [-0.4, -0.2) is 27.3 Å². The monoisotopic (exact) mass is 303 g/mol. The Balaban J connectivity index is 2.08. The Morgan fingerprint density at radius 2 is 1.82 bits per heavy atom. The number of aliphatic hydroxyl groups excluding tert-OH is 2. The normalized spacial score (nSPS) is 13.4. The van der Waals surface area contributed by atoms with E-state index in [0.29, 0.717) is 12.4 Å². The highest BCUT2D eigenvalue weighted by Gasteiger charge is 2.25. The number of primary amides is 1. The van der Waals surface area contributed by atoms with Gasteiger partial charge in [0.25, 0.3) is 0 Å². The zero-order valence-electron chi connectivity index (χ0n) is 11.7. The number of hydrogen-bond acceptors (Lipinski definition) is 5. The molecule has 6 nitrogen and oxygen atoms in total. The number of hydrogen-bond donors (Lipinski definition) is 4. The zero-order valence-corrected chi connectivity index (χ0v) is 11.7. The maximum absolute atomic E-state index is 10.9. The first-order valence-corrected chi connectivity index (χ1v) is 6.64. The van der Waals surface area contributed by atoms with Crippen LogP contribution in [0, 0.1) is 0 Å². The lowest BCUT2D eigenvalue weighted by Crippen LogP contribution is -2.33. The Morgan fingerprint density at radius 1 is 1.14 bits per heavy atom. The molecule has 116 valence electrons. The van der Waals surface area contributed by atoms with Crippen molar-refractivity contribution in [2.45, 2.75) is 18.8 Å². The average molecular weight is 303 g/mol. The summed E-state index contributed by atoms with van der Waals surface area (Å²) in [5, 5.41) is 29.1. The molecule has 0 aliphatic rings. The summed E-state index contributed by atoms with van der Waals surface area (Å²) >= 11 is 0. The molecule has 0 aliphatic carbocycles. The molecule has 0 aliphatic heterocycles. The molecular formula is C16H17NO5. The van der Waals surface area contributed by atoms with Crippen LogP contribution in [0.15, 0.2) is 48.5 Å². The summed E-state index contributed by atoms with van der Waals surface area (Å²) in [5.41, 5.74) is 5.88. The standard InChI is InChI=1S/C16H17NO5/c17-16(21)15(20)14(19)12-7-6-11(8-13(12)18)22-9-10-4-2-1-3-5-10/h1-8,14-15,18-20H,9H2,(H2,17,21). The maximum Gasteiger partial charge on any atom is 0.249 e. The molecule has 2 aromatic carbocycles. The van der Waals surface area contributed by atoms with Gasteiger partial charge in [-0.25, -0.2) is 0 Å². The minimum absolute atomic E-state index is 0.00152. The summed E-state index contributed by atoms with van der Waals surface area (Å²) in [7, 11) is 0. The molecule has 2 atom stereocenters. The number of carbonyl (C=O) groups is 1. The minimum Gasteiger partial charge on any atom is -0.507 e. The quantitative estimate of drug-likeness (QED) is 0.632. The minimum atomic E-state index is -1.79. The van der Waals surface area contributed by atoms with Crippen LogP contribution in [0.5, 0.6) is 11.5 Å². The Bertz CT molecular complexity index is 644. The van der Waals surface area contributed by atoms with Gasteiger partial charge in [0.2, 0.25) is 5.91 Å². The predicted octanol–water partition coefficient (Wildman–Crippen LogP) is 0.851. The SMILES string of the molecule is NC(=O)C(O)C(O)c1ccc(OCc2ccccc2)cc1O. The van der Waals surface area contributed by atoms with Crippen LogP contribution in [0.4, 0.5) is 0 Å².